The predicted molar refractivity (Wildman–Crippen MR) is 72.0 cm³/mol. The number of aromatic nitrogens is 1. The molecule has 0 saturated carbocycles. The van der Waals surface area contributed by atoms with E-state index in [2.05, 4.69) is 5.16 Å². The van der Waals surface area contributed by atoms with Gasteiger partial charge in [-0.2, -0.15) is 0 Å². The van der Waals surface area contributed by atoms with E-state index in [4.69, 9.17) is 27.7 Å². The summed E-state index contributed by atoms with van der Waals surface area (Å²) in [7, 11) is 0. The van der Waals surface area contributed by atoms with Crippen LogP contribution in [0.25, 0.3) is 11.3 Å². The van der Waals surface area contributed by atoms with Crippen molar-refractivity contribution in [3.8, 4) is 11.3 Å². The minimum absolute atomic E-state index is 0.0269. The third kappa shape index (κ3) is 2.61. The first-order chi connectivity index (χ1) is 8.86. The number of aliphatic hydroxyl groups excluding tert-OH is 1. The summed E-state index contributed by atoms with van der Waals surface area (Å²) in [4.78, 5) is 0. The van der Waals surface area contributed by atoms with Crippen molar-refractivity contribution in [1.29, 1.82) is 0 Å². The van der Waals surface area contributed by atoms with Crippen LogP contribution in [0.15, 0.2) is 22.7 Å². The number of rotatable bonds is 3. The van der Waals surface area contributed by atoms with Crippen LogP contribution in [0.3, 0.4) is 0 Å². The summed E-state index contributed by atoms with van der Waals surface area (Å²) in [5.74, 6) is -0.0269. The lowest BCUT2D eigenvalue weighted by Gasteiger charge is -2.11. The van der Waals surface area contributed by atoms with Gasteiger partial charge in [-0.15, -0.1) is 0 Å². The molecule has 0 fully saturated rings. The second-order valence-electron chi connectivity index (χ2n) is 4.57. The van der Waals surface area contributed by atoms with Gasteiger partial charge in [0.1, 0.15) is 5.69 Å². The molecule has 0 amide bonds. The van der Waals surface area contributed by atoms with E-state index in [-0.39, 0.29) is 17.0 Å². The Hall–Kier alpha value is -1.10. The van der Waals surface area contributed by atoms with Gasteiger partial charge in [-0.1, -0.05) is 34.4 Å². The smallest absolute Gasteiger partial charge is 0.179 e. The monoisotopic (exact) mass is 303 g/mol. The summed E-state index contributed by atoms with van der Waals surface area (Å²) in [6.45, 7) is 2.23. The van der Waals surface area contributed by atoms with Crippen LogP contribution in [0.1, 0.15) is 25.2 Å². The first-order valence-electron chi connectivity index (χ1n) is 5.59. The highest BCUT2D eigenvalue weighted by Gasteiger charge is 2.31. The van der Waals surface area contributed by atoms with Crippen molar-refractivity contribution in [3.05, 3.63) is 39.6 Å². The van der Waals surface area contributed by atoms with Crippen molar-refractivity contribution in [2.24, 2.45) is 0 Å². The molecule has 1 N–H and O–H groups in total. The molecular formula is C13H12Cl2FNO2. The van der Waals surface area contributed by atoms with Gasteiger partial charge in [0, 0.05) is 5.56 Å². The molecule has 1 aromatic carbocycles. The molecule has 2 rings (SSSR count). The Kier molecular flexibility index (Phi) is 3.85. The lowest BCUT2D eigenvalue weighted by Crippen LogP contribution is -2.10. The molecule has 0 radical (unpaired) electrons. The lowest BCUT2D eigenvalue weighted by atomic mass is 9.99. The molecule has 1 aromatic heterocycles. The number of alkyl halides is 1. The summed E-state index contributed by atoms with van der Waals surface area (Å²) in [5.41, 5.74) is -0.813. The van der Waals surface area contributed by atoms with E-state index < -0.39 is 12.3 Å². The molecule has 0 atom stereocenters. The molecule has 2 aromatic rings. The van der Waals surface area contributed by atoms with E-state index in [1.54, 1.807) is 18.2 Å². The van der Waals surface area contributed by atoms with Crippen molar-refractivity contribution in [3.63, 3.8) is 0 Å². The molecule has 0 spiro atoms. The molecule has 0 saturated heterocycles. The van der Waals surface area contributed by atoms with Gasteiger partial charge in [-0.3, -0.25) is 0 Å². The molecule has 1 heterocycles. The van der Waals surface area contributed by atoms with Gasteiger partial charge in [-0.25, -0.2) is 4.39 Å². The lowest BCUT2D eigenvalue weighted by molar-refractivity contribution is 0.156. The second-order valence-corrected chi connectivity index (χ2v) is 5.38. The van der Waals surface area contributed by atoms with Crippen LogP contribution in [-0.2, 0) is 12.3 Å². The largest absolute Gasteiger partial charge is 0.391 e. The van der Waals surface area contributed by atoms with E-state index >= 15 is 0 Å². The molecule has 0 aliphatic rings. The maximum absolute atomic E-state index is 14.0. The Bertz CT molecular complexity index is 585. The summed E-state index contributed by atoms with van der Waals surface area (Å²) in [6, 6.07) is 4.96. The predicted octanol–water partition coefficient (Wildman–Crippen LogP) is 4.35. The van der Waals surface area contributed by atoms with Gasteiger partial charge in [0.05, 0.1) is 22.2 Å². The third-order valence-corrected chi connectivity index (χ3v) is 3.32. The average Bonchev–Trinajstić information content (AvgIpc) is 2.72. The van der Waals surface area contributed by atoms with E-state index in [0.29, 0.717) is 15.6 Å². The van der Waals surface area contributed by atoms with Gasteiger partial charge in [0.2, 0.25) is 0 Å². The number of halogens is 3. The number of nitrogens with zero attached hydrogens (tertiary/aromatic N) is 1. The van der Waals surface area contributed by atoms with Gasteiger partial charge in [0.25, 0.3) is 0 Å². The minimum atomic E-state index is -1.75. The standard InChI is InChI=1S/C13H12Cl2FNO2/c1-13(2,16)12-7(6-18)11(17-19-12)10-8(14)4-3-5-9(10)15/h3-5,18H,6H2,1-2H3. The number of hydrogen-bond acceptors (Lipinski definition) is 3. The van der Waals surface area contributed by atoms with Gasteiger partial charge >= 0.3 is 0 Å². The highest BCUT2D eigenvalue weighted by molar-refractivity contribution is 6.39. The molecular weight excluding hydrogens is 292 g/mol. The van der Waals surface area contributed by atoms with Crippen molar-refractivity contribution in [2.75, 3.05) is 0 Å². The fourth-order valence-electron chi connectivity index (χ4n) is 1.84. The van der Waals surface area contributed by atoms with Crippen LogP contribution >= 0.6 is 23.2 Å². The number of benzene rings is 1. The fourth-order valence-corrected chi connectivity index (χ4v) is 2.42. The van der Waals surface area contributed by atoms with Crippen LogP contribution in [0.4, 0.5) is 4.39 Å². The fraction of sp³-hybridized carbons (Fsp3) is 0.308. The Morgan fingerprint density at radius 2 is 1.89 bits per heavy atom. The molecule has 102 valence electrons. The molecule has 0 bridgehead atoms. The van der Waals surface area contributed by atoms with E-state index in [0.717, 1.165) is 0 Å². The number of aliphatic hydroxyl groups is 1. The van der Waals surface area contributed by atoms with Crippen LogP contribution in [0, 0.1) is 0 Å². The Morgan fingerprint density at radius 3 is 2.37 bits per heavy atom. The highest BCUT2D eigenvalue weighted by Crippen LogP contribution is 2.39. The van der Waals surface area contributed by atoms with Gasteiger partial charge in [0.15, 0.2) is 11.4 Å². The summed E-state index contributed by atoms with van der Waals surface area (Å²) >= 11 is 12.2. The summed E-state index contributed by atoms with van der Waals surface area (Å²) < 4.78 is 19.0. The highest BCUT2D eigenvalue weighted by atomic mass is 35.5. The van der Waals surface area contributed by atoms with Crippen LogP contribution in [0.5, 0.6) is 0 Å². The molecule has 0 unspecified atom stereocenters. The van der Waals surface area contributed by atoms with Crippen molar-refractivity contribution >= 4 is 23.2 Å². The first-order valence-corrected chi connectivity index (χ1v) is 6.35. The molecule has 0 aliphatic carbocycles. The SMILES string of the molecule is CC(C)(F)c1onc(-c2c(Cl)cccc2Cl)c1CO. The average molecular weight is 304 g/mol. The summed E-state index contributed by atoms with van der Waals surface area (Å²) in [6.07, 6.45) is 0. The zero-order chi connectivity index (χ0) is 14.2. The molecule has 0 aliphatic heterocycles. The van der Waals surface area contributed by atoms with E-state index in [1.807, 2.05) is 0 Å². The van der Waals surface area contributed by atoms with E-state index in [1.165, 1.54) is 13.8 Å². The quantitative estimate of drug-likeness (QED) is 0.917. The zero-order valence-corrected chi connectivity index (χ0v) is 11.9. The van der Waals surface area contributed by atoms with Crippen molar-refractivity contribution < 1.29 is 14.0 Å². The summed E-state index contributed by atoms with van der Waals surface area (Å²) in [5, 5.41) is 14.0. The topological polar surface area (TPSA) is 46.3 Å². The molecule has 6 heteroatoms. The van der Waals surface area contributed by atoms with Crippen LogP contribution in [0.2, 0.25) is 10.0 Å². The Balaban J connectivity index is 2.68. The second kappa shape index (κ2) is 5.12. The Morgan fingerprint density at radius 1 is 1.32 bits per heavy atom. The normalized spacial score (nSPS) is 11.9. The van der Waals surface area contributed by atoms with Crippen molar-refractivity contribution in [1.82, 2.24) is 5.16 Å². The van der Waals surface area contributed by atoms with E-state index in [9.17, 15) is 9.50 Å². The zero-order valence-electron chi connectivity index (χ0n) is 10.4. The van der Waals surface area contributed by atoms with Crippen molar-refractivity contribution in [2.45, 2.75) is 26.1 Å². The molecule has 19 heavy (non-hydrogen) atoms. The maximum atomic E-state index is 14.0. The number of hydrogen-bond donors (Lipinski definition) is 1. The van der Waals surface area contributed by atoms with Crippen LogP contribution < -0.4 is 0 Å². The van der Waals surface area contributed by atoms with Gasteiger partial charge in [-0.05, 0) is 26.0 Å². The van der Waals surface area contributed by atoms with Crippen LogP contribution in [-0.4, -0.2) is 10.3 Å². The Labute approximate surface area is 119 Å². The van der Waals surface area contributed by atoms with Gasteiger partial charge < -0.3 is 9.63 Å². The maximum Gasteiger partial charge on any atom is 0.179 e. The first kappa shape index (κ1) is 14.3. The molecule has 3 nitrogen and oxygen atoms in total. The third-order valence-electron chi connectivity index (χ3n) is 2.69. The minimum Gasteiger partial charge on any atom is -0.391 e.